The van der Waals surface area contributed by atoms with Gasteiger partial charge >= 0.3 is 12.1 Å². The Morgan fingerprint density at radius 1 is 1.20 bits per heavy atom. The summed E-state index contributed by atoms with van der Waals surface area (Å²) in [6.07, 6.45) is 1.06. The van der Waals surface area contributed by atoms with Crippen LogP contribution in [0.1, 0.15) is 36.3 Å². The molecule has 1 aliphatic heterocycles. The van der Waals surface area contributed by atoms with Crippen molar-refractivity contribution in [2.75, 3.05) is 40.3 Å². The molecule has 1 fully saturated rings. The van der Waals surface area contributed by atoms with Gasteiger partial charge in [-0.15, -0.1) is 0 Å². The van der Waals surface area contributed by atoms with Gasteiger partial charge < -0.3 is 19.6 Å². The van der Waals surface area contributed by atoms with Gasteiger partial charge in [-0.3, -0.25) is 0 Å². The molecule has 2 atom stereocenters. The summed E-state index contributed by atoms with van der Waals surface area (Å²) in [5.74, 6) is -1.22. The number of carbonyl (C=O) groups is 2. The summed E-state index contributed by atoms with van der Waals surface area (Å²) >= 11 is 0. The standard InChI is InChI=1S/C26H31N5O4/c1-31(2)15-7-12-26(17-31,13-14-28-30-27)23(24(32)33)29-25(34)35-16-22-20-10-5-3-8-18(20)19-9-4-6-11-21(19)22/h3-6,8-11,22-23H,7,12-17H2,1-2H3,(H-,29,32,33,34)/p+1/t23-,26-/m1/s1. The predicted octanol–water partition coefficient (Wildman–Crippen LogP) is 4.54. The van der Waals surface area contributed by atoms with E-state index in [0.29, 0.717) is 23.9 Å². The van der Waals surface area contributed by atoms with Gasteiger partial charge in [0.05, 0.1) is 32.6 Å². The Hall–Kier alpha value is -3.55. The molecule has 2 aromatic carbocycles. The molecule has 9 nitrogen and oxygen atoms in total. The fraction of sp³-hybridized carbons (Fsp3) is 0.462. The predicted molar refractivity (Wildman–Crippen MR) is 132 cm³/mol. The SMILES string of the molecule is C[N+]1(C)CCC[C@](CCN=[N+]=[N-])([C@H](NC(=O)OCC2c3ccccc3-c3ccccc32)C(=O)O)C1. The Kier molecular flexibility index (Phi) is 7.00. The molecule has 1 amide bonds. The quantitative estimate of drug-likeness (QED) is 0.250. The molecule has 2 aliphatic rings. The fourth-order valence-electron chi connectivity index (χ4n) is 6.01. The summed E-state index contributed by atoms with van der Waals surface area (Å²) < 4.78 is 6.26. The van der Waals surface area contributed by atoms with E-state index >= 15 is 0 Å². The van der Waals surface area contributed by atoms with Gasteiger partial charge in [0.2, 0.25) is 0 Å². The second-order valence-corrected chi connectivity index (χ2v) is 10.2. The van der Waals surface area contributed by atoms with Crippen LogP contribution in [0.5, 0.6) is 0 Å². The zero-order valence-electron chi connectivity index (χ0n) is 20.2. The maximum atomic E-state index is 12.9. The molecule has 9 heteroatoms. The zero-order chi connectivity index (χ0) is 25.1. The molecule has 1 aliphatic carbocycles. The van der Waals surface area contributed by atoms with Crippen LogP contribution in [-0.2, 0) is 9.53 Å². The number of likely N-dealkylation sites (tertiary alicyclic amines) is 1. The monoisotopic (exact) mass is 478 g/mol. The van der Waals surface area contributed by atoms with Crippen molar-refractivity contribution in [3.05, 3.63) is 70.1 Å². The van der Waals surface area contributed by atoms with E-state index in [1.807, 2.05) is 50.5 Å². The van der Waals surface area contributed by atoms with Crippen LogP contribution in [0.3, 0.4) is 0 Å². The van der Waals surface area contributed by atoms with Crippen molar-refractivity contribution >= 4 is 12.1 Å². The van der Waals surface area contributed by atoms with E-state index < -0.39 is 23.5 Å². The van der Waals surface area contributed by atoms with Gasteiger partial charge in [-0.05, 0) is 47.0 Å². The van der Waals surface area contributed by atoms with Gasteiger partial charge in [-0.25, -0.2) is 9.59 Å². The van der Waals surface area contributed by atoms with Crippen molar-refractivity contribution in [2.24, 2.45) is 10.5 Å². The van der Waals surface area contributed by atoms with Gasteiger partial charge in [0.15, 0.2) is 0 Å². The lowest BCUT2D eigenvalue weighted by molar-refractivity contribution is -0.903. The number of carboxylic acid groups (broad SMARTS) is 1. The highest BCUT2D eigenvalue weighted by Gasteiger charge is 2.50. The third-order valence-electron chi connectivity index (χ3n) is 7.42. The van der Waals surface area contributed by atoms with Gasteiger partial charge in [0.25, 0.3) is 0 Å². The summed E-state index contributed by atoms with van der Waals surface area (Å²) in [6.45, 7) is 1.75. The zero-order valence-corrected chi connectivity index (χ0v) is 20.2. The van der Waals surface area contributed by atoms with E-state index in [0.717, 1.165) is 35.2 Å². The number of fused-ring (bicyclic) bond motifs is 3. The maximum Gasteiger partial charge on any atom is 0.407 e. The second-order valence-electron chi connectivity index (χ2n) is 10.2. The summed E-state index contributed by atoms with van der Waals surface area (Å²) in [7, 11) is 4.10. The first-order valence-corrected chi connectivity index (χ1v) is 11.9. The van der Waals surface area contributed by atoms with Crippen LogP contribution in [0.2, 0.25) is 0 Å². The largest absolute Gasteiger partial charge is 0.480 e. The number of nitrogens with one attached hydrogen (secondary N) is 1. The lowest BCUT2D eigenvalue weighted by Crippen LogP contribution is -2.63. The van der Waals surface area contributed by atoms with Crippen LogP contribution in [0.25, 0.3) is 21.6 Å². The molecule has 0 saturated carbocycles. The second kappa shape index (κ2) is 9.98. The molecular weight excluding hydrogens is 446 g/mol. The Labute approximate surface area is 204 Å². The van der Waals surface area contributed by atoms with Crippen LogP contribution < -0.4 is 5.32 Å². The van der Waals surface area contributed by atoms with Crippen LogP contribution in [-0.4, -0.2) is 68.0 Å². The third-order valence-corrected chi connectivity index (χ3v) is 7.42. The number of azide groups is 1. The first kappa shape index (κ1) is 24.6. The number of alkyl carbamates (subject to hydrolysis) is 1. The molecule has 1 heterocycles. The van der Waals surface area contributed by atoms with Crippen molar-refractivity contribution < 1.29 is 23.9 Å². The molecule has 0 bridgehead atoms. The molecule has 0 radical (unpaired) electrons. The number of rotatable bonds is 8. The lowest BCUT2D eigenvalue weighted by Gasteiger charge is -2.48. The smallest absolute Gasteiger partial charge is 0.407 e. The van der Waals surface area contributed by atoms with Crippen LogP contribution in [0, 0.1) is 5.41 Å². The first-order chi connectivity index (χ1) is 16.8. The van der Waals surface area contributed by atoms with E-state index in [1.165, 1.54) is 0 Å². The number of carboxylic acids is 1. The fourth-order valence-corrected chi connectivity index (χ4v) is 6.01. The Bertz CT molecular complexity index is 1110. The normalized spacial score (nSPS) is 21.2. The summed E-state index contributed by atoms with van der Waals surface area (Å²) in [5.41, 5.74) is 12.4. The Balaban J connectivity index is 1.51. The number of hydrogen-bond acceptors (Lipinski definition) is 4. The number of piperidine rings is 1. The maximum absolute atomic E-state index is 12.9. The number of benzene rings is 2. The van der Waals surface area contributed by atoms with Crippen molar-refractivity contribution in [1.82, 2.24) is 5.32 Å². The molecule has 184 valence electrons. The molecule has 1 saturated heterocycles. The Morgan fingerprint density at radius 2 is 1.83 bits per heavy atom. The minimum Gasteiger partial charge on any atom is -0.480 e. The van der Waals surface area contributed by atoms with Crippen molar-refractivity contribution in [3.8, 4) is 11.1 Å². The minimum absolute atomic E-state index is 0.111. The number of aliphatic carboxylic acids is 1. The van der Waals surface area contributed by atoms with E-state index in [2.05, 4.69) is 27.5 Å². The number of amides is 1. The van der Waals surface area contributed by atoms with Crippen molar-refractivity contribution in [1.29, 1.82) is 0 Å². The van der Waals surface area contributed by atoms with E-state index in [1.54, 1.807) is 0 Å². The van der Waals surface area contributed by atoms with E-state index in [9.17, 15) is 14.7 Å². The van der Waals surface area contributed by atoms with Gasteiger partial charge in [-0.1, -0.05) is 53.6 Å². The van der Waals surface area contributed by atoms with E-state index in [-0.39, 0.29) is 19.1 Å². The summed E-state index contributed by atoms with van der Waals surface area (Å²) in [5, 5.41) is 16.4. The van der Waals surface area contributed by atoms with Crippen LogP contribution in [0.15, 0.2) is 53.6 Å². The van der Waals surface area contributed by atoms with Gasteiger partial charge in [0.1, 0.15) is 12.6 Å². The van der Waals surface area contributed by atoms with Crippen LogP contribution in [0.4, 0.5) is 4.79 Å². The molecule has 0 spiro atoms. The highest BCUT2D eigenvalue weighted by Crippen LogP contribution is 2.44. The topological polar surface area (TPSA) is 124 Å². The number of carbonyl (C=O) groups excluding carboxylic acids is 1. The Morgan fingerprint density at radius 3 is 2.40 bits per heavy atom. The van der Waals surface area contributed by atoms with Crippen molar-refractivity contribution in [3.63, 3.8) is 0 Å². The molecule has 0 aromatic heterocycles. The molecule has 4 rings (SSSR count). The number of hydrogen-bond donors (Lipinski definition) is 2. The summed E-state index contributed by atoms with van der Waals surface area (Å²) in [4.78, 5) is 28.1. The van der Waals surface area contributed by atoms with E-state index in [4.69, 9.17) is 10.3 Å². The van der Waals surface area contributed by atoms with Gasteiger partial charge in [-0.2, -0.15) is 0 Å². The molecule has 35 heavy (non-hydrogen) atoms. The molecule has 2 N–H and O–H groups in total. The number of quaternary nitrogens is 1. The summed E-state index contributed by atoms with van der Waals surface area (Å²) in [6, 6.07) is 15.0. The highest BCUT2D eigenvalue weighted by atomic mass is 16.5. The molecular formula is C26H32N5O4+. The number of ether oxygens (including phenoxy) is 1. The number of nitrogens with zero attached hydrogens (tertiary/aromatic N) is 4. The lowest BCUT2D eigenvalue weighted by atomic mass is 9.70. The third kappa shape index (κ3) is 5.11. The average Bonchev–Trinajstić information content (AvgIpc) is 3.14. The highest BCUT2D eigenvalue weighted by molar-refractivity contribution is 5.81. The molecule has 0 unspecified atom stereocenters. The van der Waals surface area contributed by atoms with Crippen molar-refractivity contribution in [2.45, 2.75) is 31.2 Å². The average molecular weight is 479 g/mol. The molecule has 2 aromatic rings. The minimum atomic E-state index is -1.15. The van der Waals surface area contributed by atoms with Gasteiger partial charge in [0, 0.05) is 17.4 Å². The first-order valence-electron chi connectivity index (χ1n) is 11.9. The van der Waals surface area contributed by atoms with Crippen LogP contribution >= 0.6 is 0 Å².